The number of benzene rings is 1. The molecule has 2 rings (SSSR count). The van der Waals surface area contributed by atoms with Crippen molar-refractivity contribution in [3.63, 3.8) is 0 Å². The number of methoxy groups -OCH3 is 1. The van der Waals surface area contributed by atoms with E-state index in [1.54, 1.807) is 24.1 Å². The first-order chi connectivity index (χ1) is 18.4. The van der Waals surface area contributed by atoms with E-state index in [0.717, 1.165) is 32.1 Å². The fraction of sp³-hybridized carbons (Fsp3) is 0.767. The molecule has 1 fully saturated rings. The van der Waals surface area contributed by atoms with Crippen LogP contribution in [0.3, 0.4) is 0 Å². The van der Waals surface area contributed by atoms with E-state index in [1.807, 2.05) is 20.9 Å². The zero-order valence-corrected chi connectivity index (χ0v) is 25.3. The standard InChI is InChI=1S/C30H51ClFN3O4/c1-6-22(14-16-29(2,3)37)19-24(20-33-4)34-28(36)35-17-10-11-23(21-35)30(38,15-7-8-18-39-5)25-12-9-13-26(31)27(25)32/h9,12-13,22-24,33,37-38H,6-8,10-11,14-21H2,1-5H3,(H,34,36)/t22-,23-,24+,30+/m1/s1. The SMILES string of the molecule is CC[C@H](CCC(C)(C)O)C[C@@H](CNC)NC(=O)N1CCC[C@@H]([C@@](O)(CCCCOC)c2cccc(Cl)c2F)C1. The number of likely N-dealkylation sites (tertiary alicyclic amines) is 1. The third-order valence-electron chi connectivity index (χ3n) is 8.10. The summed E-state index contributed by atoms with van der Waals surface area (Å²) >= 11 is 6.11. The third-order valence-corrected chi connectivity index (χ3v) is 8.39. The number of nitrogens with zero attached hydrogens (tertiary/aromatic N) is 1. The van der Waals surface area contributed by atoms with E-state index >= 15 is 4.39 Å². The fourth-order valence-corrected chi connectivity index (χ4v) is 5.92. The van der Waals surface area contributed by atoms with Crippen LogP contribution in [0, 0.1) is 17.7 Å². The molecule has 1 aliphatic rings. The Hall–Kier alpha value is -1.45. The number of hydrogen-bond acceptors (Lipinski definition) is 5. The van der Waals surface area contributed by atoms with Crippen LogP contribution >= 0.6 is 11.6 Å². The van der Waals surface area contributed by atoms with Crippen LogP contribution in [0.15, 0.2) is 18.2 Å². The molecule has 0 unspecified atom stereocenters. The van der Waals surface area contributed by atoms with E-state index in [2.05, 4.69) is 17.6 Å². The van der Waals surface area contributed by atoms with Crippen molar-refractivity contribution in [2.75, 3.05) is 40.4 Å². The molecule has 2 amide bonds. The van der Waals surface area contributed by atoms with Gasteiger partial charge in [0.2, 0.25) is 0 Å². The molecule has 0 bridgehead atoms. The summed E-state index contributed by atoms with van der Waals surface area (Å²) in [4.78, 5) is 15.2. The van der Waals surface area contributed by atoms with Crippen molar-refractivity contribution >= 4 is 17.6 Å². The summed E-state index contributed by atoms with van der Waals surface area (Å²) < 4.78 is 20.4. The van der Waals surface area contributed by atoms with Crippen LogP contribution in [0.4, 0.5) is 9.18 Å². The summed E-state index contributed by atoms with van der Waals surface area (Å²) in [5.41, 5.74) is -1.96. The highest BCUT2D eigenvalue weighted by atomic mass is 35.5. The predicted molar refractivity (Wildman–Crippen MR) is 156 cm³/mol. The van der Waals surface area contributed by atoms with Gasteiger partial charge >= 0.3 is 6.03 Å². The van der Waals surface area contributed by atoms with Crippen LogP contribution in [0.2, 0.25) is 5.02 Å². The second-order valence-electron chi connectivity index (χ2n) is 11.8. The molecule has 0 aliphatic carbocycles. The van der Waals surface area contributed by atoms with Gasteiger partial charge in [0.15, 0.2) is 0 Å². The molecule has 4 atom stereocenters. The molecule has 0 saturated carbocycles. The van der Waals surface area contributed by atoms with Crippen molar-refractivity contribution in [1.82, 2.24) is 15.5 Å². The Morgan fingerprint density at radius 2 is 2.03 bits per heavy atom. The van der Waals surface area contributed by atoms with Gasteiger partial charge in [0.1, 0.15) is 5.82 Å². The van der Waals surface area contributed by atoms with Crippen molar-refractivity contribution in [3.8, 4) is 0 Å². The highest BCUT2D eigenvalue weighted by molar-refractivity contribution is 6.30. The Bertz CT molecular complexity index is 884. The number of nitrogens with one attached hydrogen (secondary N) is 2. The summed E-state index contributed by atoms with van der Waals surface area (Å²) in [6.07, 6.45) is 6.56. The summed E-state index contributed by atoms with van der Waals surface area (Å²) in [6, 6.07) is 4.54. The van der Waals surface area contributed by atoms with Crippen molar-refractivity contribution in [2.24, 2.45) is 11.8 Å². The highest BCUT2D eigenvalue weighted by Gasteiger charge is 2.43. The predicted octanol–water partition coefficient (Wildman–Crippen LogP) is 5.46. The minimum absolute atomic E-state index is 0.0156. The first-order valence-corrected chi connectivity index (χ1v) is 14.9. The van der Waals surface area contributed by atoms with Gasteiger partial charge in [-0.1, -0.05) is 37.1 Å². The number of likely N-dealkylation sites (N-methyl/N-ethyl adjacent to an activating group) is 1. The molecule has 1 aromatic rings. The molecule has 1 aromatic carbocycles. The molecular weight excluding hydrogens is 521 g/mol. The van der Waals surface area contributed by atoms with Crippen LogP contribution in [-0.2, 0) is 10.3 Å². The Labute approximate surface area is 239 Å². The molecule has 4 N–H and O–H groups in total. The average Bonchev–Trinajstić information content (AvgIpc) is 2.90. The van der Waals surface area contributed by atoms with E-state index in [1.165, 1.54) is 6.07 Å². The summed E-state index contributed by atoms with van der Waals surface area (Å²) in [5, 5.41) is 28.6. The van der Waals surface area contributed by atoms with Crippen LogP contribution in [-0.4, -0.2) is 73.2 Å². The Morgan fingerprint density at radius 1 is 1.28 bits per heavy atom. The average molecular weight is 572 g/mol. The maximum absolute atomic E-state index is 15.2. The van der Waals surface area contributed by atoms with Gasteiger partial charge in [-0.2, -0.15) is 0 Å². The van der Waals surface area contributed by atoms with Crippen molar-refractivity contribution in [2.45, 2.75) is 95.8 Å². The van der Waals surface area contributed by atoms with Gasteiger partial charge in [0.05, 0.1) is 16.2 Å². The number of halogens is 2. The van der Waals surface area contributed by atoms with Gasteiger partial charge in [0.25, 0.3) is 0 Å². The monoisotopic (exact) mass is 571 g/mol. The number of rotatable bonds is 16. The van der Waals surface area contributed by atoms with Gasteiger partial charge in [-0.3, -0.25) is 0 Å². The normalized spacial score (nSPS) is 19.4. The number of unbranched alkanes of at least 4 members (excludes halogenated alkanes) is 1. The molecule has 224 valence electrons. The maximum atomic E-state index is 15.2. The largest absolute Gasteiger partial charge is 0.390 e. The second-order valence-corrected chi connectivity index (χ2v) is 12.2. The molecule has 0 radical (unpaired) electrons. The molecule has 1 heterocycles. The van der Waals surface area contributed by atoms with E-state index < -0.39 is 17.0 Å². The molecular formula is C30H51ClFN3O4. The number of urea groups is 1. The quantitative estimate of drug-likeness (QED) is 0.198. The highest BCUT2D eigenvalue weighted by Crippen LogP contribution is 2.42. The lowest BCUT2D eigenvalue weighted by Gasteiger charge is -2.43. The smallest absolute Gasteiger partial charge is 0.317 e. The van der Waals surface area contributed by atoms with Gasteiger partial charge in [-0.05, 0) is 84.2 Å². The zero-order chi connectivity index (χ0) is 29.1. The minimum Gasteiger partial charge on any atom is -0.390 e. The van der Waals surface area contributed by atoms with Gasteiger partial charge in [-0.15, -0.1) is 0 Å². The minimum atomic E-state index is -1.45. The third kappa shape index (κ3) is 10.5. The summed E-state index contributed by atoms with van der Waals surface area (Å²) in [7, 11) is 3.51. The van der Waals surface area contributed by atoms with Crippen LogP contribution < -0.4 is 10.6 Å². The van der Waals surface area contributed by atoms with Crippen molar-refractivity contribution < 1.29 is 24.1 Å². The number of carbonyl (C=O) groups is 1. The van der Waals surface area contributed by atoms with Crippen LogP contribution in [0.1, 0.15) is 84.1 Å². The molecule has 0 aromatic heterocycles. The first-order valence-electron chi connectivity index (χ1n) is 14.5. The second kappa shape index (κ2) is 16.1. The lowest BCUT2D eigenvalue weighted by atomic mass is 9.74. The molecule has 1 aliphatic heterocycles. The fourth-order valence-electron chi connectivity index (χ4n) is 5.74. The molecule has 9 heteroatoms. The van der Waals surface area contributed by atoms with Crippen molar-refractivity contribution in [1.29, 1.82) is 0 Å². The van der Waals surface area contributed by atoms with Crippen molar-refractivity contribution in [3.05, 3.63) is 34.6 Å². The molecule has 7 nitrogen and oxygen atoms in total. The number of amides is 2. The number of aliphatic hydroxyl groups is 2. The summed E-state index contributed by atoms with van der Waals surface area (Å²) in [5.74, 6) is -0.543. The Kier molecular flexibility index (Phi) is 13.9. The Morgan fingerprint density at radius 3 is 2.67 bits per heavy atom. The molecule has 39 heavy (non-hydrogen) atoms. The van der Waals surface area contributed by atoms with E-state index in [-0.39, 0.29) is 28.6 Å². The first kappa shape index (κ1) is 33.8. The van der Waals surface area contributed by atoms with Gasteiger partial charge < -0.3 is 30.5 Å². The van der Waals surface area contributed by atoms with E-state index in [9.17, 15) is 15.0 Å². The molecule has 0 spiro atoms. The van der Waals surface area contributed by atoms with Gasteiger partial charge in [-0.25, -0.2) is 9.18 Å². The maximum Gasteiger partial charge on any atom is 0.317 e. The van der Waals surface area contributed by atoms with Crippen LogP contribution in [0.5, 0.6) is 0 Å². The molecule has 1 saturated heterocycles. The lowest BCUT2D eigenvalue weighted by molar-refractivity contribution is -0.0587. The zero-order valence-electron chi connectivity index (χ0n) is 24.6. The van der Waals surface area contributed by atoms with Crippen LogP contribution in [0.25, 0.3) is 0 Å². The van der Waals surface area contributed by atoms with E-state index in [0.29, 0.717) is 57.8 Å². The number of carbonyl (C=O) groups excluding carboxylic acids is 1. The lowest BCUT2D eigenvalue weighted by Crippen LogP contribution is -2.54. The number of piperidine rings is 1. The number of ether oxygens (including phenoxy) is 1. The summed E-state index contributed by atoms with van der Waals surface area (Å²) in [6.45, 7) is 7.92. The number of hydrogen-bond donors (Lipinski definition) is 4. The Balaban J connectivity index is 2.16. The van der Waals surface area contributed by atoms with Gasteiger partial charge in [0, 0.05) is 50.9 Å². The van der Waals surface area contributed by atoms with E-state index in [4.69, 9.17) is 16.3 Å². The topological polar surface area (TPSA) is 94.1 Å².